The van der Waals surface area contributed by atoms with Crippen molar-refractivity contribution < 1.29 is 8.42 Å². The first kappa shape index (κ1) is 18.6. The minimum Gasteiger partial charge on any atom is -0.354 e. The van der Waals surface area contributed by atoms with Gasteiger partial charge in [0.1, 0.15) is 0 Å². The Kier molecular flexibility index (Phi) is 5.11. The van der Waals surface area contributed by atoms with E-state index in [0.717, 1.165) is 30.6 Å². The van der Waals surface area contributed by atoms with Crippen molar-refractivity contribution in [3.8, 4) is 0 Å². The normalized spacial score (nSPS) is 18.6. The third kappa shape index (κ3) is 4.37. The number of rotatable bonds is 7. The van der Waals surface area contributed by atoms with E-state index in [4.69, 9.17) is 5.14 Å². The molecule has 0 spiro atoms. The average Bonchev–Trinajstić information content (AvgIpc) is 3.50. The summed E-state index contributed by atoms with van der Waals surface area (Å²) in [6.07, 6.45) is 3.69. The van der Waals surface area contributed by atoms with Gasteiger partial charge in [-0.2, -0.15) is 0 Å². The molecular formula is C21H22N4O2S. The van der Waals surface area contributed by atoms with Gasteiger partial charge in [0, 0.05) is 24.4 Å². The molecule has 7 heteroatoms. The van der Waals surface area contributed by atoms with Gasteiger partial charge in [-0.3, -0.25) is 0 Å². The lowest BCUT2D eigenvalue weighted by molar-refractivity contribution is 0.598. The second-order valence-corrected chi connectivity index (χ2v) is 8.59. The number of primary sulfonamides is 1. The molecule has 0 aliphatic heterocycles. The van der Waals surface area contributed by atoms with Crippen molar-refractivity contribution in [2.24, 2.45) is 5.14 Å². The number of hydrogen-bond acceptors (Lipinski definition) is 5. The number of nitrogens with zero attached hydrogens (tertiary/aromatic N) is 2. The zero-order chi connectivity index (χ0) is 19.6. The van der Waals surface area contributed by atoms with Crippen LogP contribution < -0.4 is 10.5 Å². The third-order valence-electron chi connectivity index (χ3n) is 5.02. The van der Waals surface area contributed by atoms with E-state index in [1.54, 1.807) is 18.3 Å². The van der Waals surface area contributed by atoms with E-state index in [2.05, 4.69) is 27.4 Å². The predicted octanol–water partition coefficient (Wildman–Crippen LogP) is 3.05. The minimum atomic E-state index is -3.65. The average molecular weight is 395 g/mol. The lowest BCUT2D eigenvalue weighted by Crippen LogP contribution is -2.11. The van der Waals surface area contributed by atoms with Crippen molar-refractivity contribution >= 4 is 16.0 Å². The van der Waals surface area contributed by atoms with Crippen molar-refractivity contribution in [3.05, 3.63) is 83.7 Å². The molecule has 2 aromatic carbocycles. The molecule has 144 valence electrons. The molecule has 6 nitrogen and oxygen atoms in total. The van der Waals surface area contributed by atoms with E-state index in [1.807, 2.05) is 36.4 Å². The molecule has 2 atom stereocenters. The van der Waals surface area contributed by atoms with Crippen LogP contribution in [0.2, 0.25) is 0 Å². The Morgan fingerprint density at radius 2 is 1.75 bits per heavy atom. The van der Waals surface area contributed by atoms with E-state index in [1.165, 1.54) is 5.56 Å². The molecule has 3 aromatic rings. The highest BCUT2D eigenvalue weighted by Gasteiger charge is 2.40. The van der Waals surface area contributed by atoms with Crippen LogP contribution in [0.15, 0.2) is 71.8 Å². The van der Waals surface area contributed by atoms with Crippen LogP contribution in [0.1, 0.15) is 35.1 Å². The molecule has 0 unspecified atom stereocenters. The highest BCUT2D eigenvalue weighted by molar-refractivity contribution is 7.89. The topological polar surface area (TPSA) is 98.0 Å². The summed E-state index contributed by atoms with van der Waals surface area (Å²) >= 11 is 0. The molecule has 3 N–H and O–H groups in total. The van der Waals surface area contributed by atoms with Gasteiger partial charge in [-0.15, -0.1) is 0 Å². The molecule has 1 fully saturated rings. The quantitative estimate of drug-likeness (QED) is 0.642. The summed E-state index contributed by atoms with van der Waals surface area (Å²) in [5, 5.41) is 8.45. The molecular weight excluding hydrogens is 372 g/mol. The highest BCUT2D eigenvalue weighted by Crippen LogP contribution is 2.54. The van der Waals surface area contributed by atoms with Crippen LogP contribution in [-0.4, -0.2) is 24.9 Å². The minimum absolute atomic E-state index is 0.139. The van der Waals surface area contributed by atoms with Crippen molar-refractivity contribution in [1.29, 1.82) is 0 Å². The first-order valence-corrected chi connectivity index (χ1v) is 10.8. The summed E-state index contributed by atoms with van der Waals surface area (Å²) in [5.74, 6) is 1.32. The molecule has 1 aliphatic rings. The SMILES string of the molecule is NS(=O)(=O)c1ccc([C@@H]2C[C@H]2c2ccnc(NCCc3ccccc3)n2)cc1. The Morgan fingerprint density at radius 1 is 1.00 bits per heavy atom. The molecule has 1 heterocycles. The van der Waals surface area contributed by atoms with Gasteiger partial charge in [0.15, 0.2) is 0 Å². The van der Waals surface area contributed by atoms with Crippen molar-refractivity contribution in [2.75, 3.05) is 11.9 Å². The van der Waals surface area contributed by atoms with Crippen LogP contribution in [0, 0.1) is 0 Å². The van der Waals surface area contributed by atoms with Crippen LogP contribution in [0.3, 0.4) is 0 Å². The molecule has 1 aliphatic carbocycles. The lowest BCUT2D eigenvalue weighted by atomic mass is 10.1. The number of aromatic nitrogens is 2. The van der Waals surface area contributed by atoms with E-state index >= 15 is 0 Å². The van der Waals surface area contributed by atoms with Gasteiger partial charge in [0.25, 0.3) is 0 Å². The van der Waals surface area contributed by atoms with Gasteiger partial charge in [-0.25, -0.2) is 23.5 Å². The monoisotopic (exact) mass is 394 g/mol. The van der Waals surface area contributed by atoms with Crippen molar-refractivity contribution in [3.63, 3.8) is 0 Å². The molecule has 0 bridgehead atoms. The molecule has 4 rings (SSSR count). The van der Waals surface area contributed by atoms with E-state index in [-0.39, 0.29) is 4.90 Å². The van der Waals surface area contributed by atoms with Crippen LogP contribution >= 0.6 is 0 Å². The van der Waals surface area contributed by atoms with E-state index in [0.29, 0.717) is 17.8 Å². The lowest BCUT2D eigenvalue weighted by Gasteiger charge is -2.07. The first-order valence-electron chi connectivity index (χ1n) is 9.24. The largest absolute Gasteiger partial charge is 0.354 e. The summed E-state index contributed by atoms with van der Waals surface area (Å²) in [7, 11) is -3.65. The third-order valence-corrected chi connectivity index (χ3v) is 5.95. The second kappa shape index (κ2) is 7.69. The number of nitrogens with two attached hydrogens (primary N) is 1. The van der Waals surface area contributed by atoms with Gasteiger partial charge >= 0.3 is 0 Å². The summed E-state index contributed by atoms with van der Waals surface area (Å²) in [6.45, 7) is 0.774. The Hall–Kier alpha value is -2.77. The Balaban J connectivity index is 1.37. The van der Waals surface area contributed by atoms with Crippen molar-refractivity contribution in [2.45, 2.75) is 29.6 Å². The highest BCUT2D eigenvalue weighted by atomic mass is 32.2. The standard InChI is InChI=1S/C21H22N4O2S/c22-28(26,27)17-8-6-16(7-9-17)18-14-19(18)20-11-13-24-21(25-20)23-12-10-15-4-2-1-3-5-15/h1-9,11,13,18-19H,10,12,14H2,(H2,22,26,27)(H,23,24,25)/t18-,19+/m0/s1. The molecule has 0 saturated heterocycles. The summed E-state index contributed by atoms with van der Waals surface area (Å²) in [4.78, 5) is 9.11. The summed E-state index contributed by atoms with van der Waals surface area (Å²) in [5.41, 5.74) is 3.39. The molecule has 1 aromatic heterocycles. The van der Waals surface area contributed by atoms with Crippen LogP contribution in [-0.2, 0) is 16.4 Å². The van der Waals surface area contributed by atoms with Gasteiger partial charge in [0.2, 0.25) is 16.0 Å². The molecule has 0 radical (unpaired) electrons. The van der Waals surface area contributed by atoms with Crippen molar-refractivity contribution in [1.82, 2.24) is 9.97 Å². The maximum Gasteiger partial charge on any atom is 0.238 e. The summed E-state index contributed by atoms with van der Waals surface area (Å²) < 4.78 is 22.8. The van der Waals surface area contributed by atoms with Gasteiger partial charge < -0.3 is 5.32 Å². The number of hydrogen-bond donors (Lipinski definition) is 2. The molecule has 1 saturated carbocycles. The fourth-order valence-electron chi connectivity index (χ4n) is 3.42. The Bertz CT molecular complexity index is 1050. The van der Waals surface area contributed by atoms with E-state index < -0.39 is 10.0 Å². The second-order valence-electron chi connectivity index (χ2n) is 7.03. The Labute approximate surface area is 164 Å². The number of nitrogens with one attached hydrogen (secondary N) is 1. The number of sulfonamides is 1. The maximum absolute atomic E-state index is 11.4. The molecule has 28 heavy (non-hydrogen) atoms. The van der Waals surface area contributed by atoms with E-state index in [9.17, 15) is 8.42 Å². The van der Waals surface area contributed by atoms with Crippen LogP contribution in [0.25, 0.3) is 0 Å². The fourth-order valence-corrected chi connectivity index (χ4v) is 3.94. The van der Waals surface area contributed by atoms with Crippen LogP contribution in [0.5, 0.6) is 0 Å². The zero-order valence-electron chi connectivity index (χ0n) is 15.3. The molecule has 0 amide bonds. The van der Waals surface area contributed by atoms with Gasteiger partial charge in [-0.1, -0.05) is 42.5 Å². The summed E-state index contributed by atoms with van der Waals surface area (Å²) in [6, 6.07) is 19.1. The predicted molar refractivity (Wildman–Crippen MR) is 109 cm³/mol. The fraction of sp³-hybridized carbons (Fsp3) is 0.238. The number of benzene rings is 2. The van der Waals surface area contributed by atoms with Gasteiger partial charge in [-0.05, 0) is 48.1 Å². The number of anilines is 1. The van der Waals surface area contributed by atoms with Crippen LogP contribution in [0.4, 0.5) is 5.95 Å². The zero-order valence-corrected chi connectivity index (χ0v) is 16.1. The van der Waals surface area contributed by atoms with Gasteiger partial charge in [0.05, 0.1) is 4.90 Å². The smallest absolute Gasteiger partial charge is 0.238 e. The first-order chi connectivity index (χ1) is 13.5. The Morgan fingerprint density at radius 3 is 2.46 bits per heavy atom. The maximum atomic E-state index is 11.4.